The van der Waals surface area contributed by atoms with Gasteiger partial charge in [0.2, 0.25) is 5.91 Å². The van der Waals surface area contributed by atoms with E-state index >= 15 is 0 Å². The van der Waals surface area contributed by atoms with Gasteiger partial charge in [0.25, 0.3) is 0 Å². The quantitative estimate of drug-likeness (QED) is 0.714. The summed E-state index contributed by atoms with van der Waals surface area (Å²) in [7, 11) is 0. The smallest absolute Gasteiger partial charge is 0.329 e. The molecule has 3 N–H and O–H groups in total. The Labute approximate surface area is 106 Å². The highest BCUT2D eigenvalue weighted by molar-refractivity contribution is 5.91. The van der Waals surface area contributed by atoms with Crippen LogP contribution in [0.4, 0.5) is 0 Å². The number of carboxylic acid groups (broad SMARTS) is 1. The minimum atomic E-state index is -1.11. The van der Waals surface area contributed by atoms with E-state index in [1.54, 1.807) is 13.8 Å². The molecule has 18 heavy (non-hydrogen) atoms. The number of ether oxygens (including phenoxy) is 1. The van der Waals surface area contributed by atoms with Crippen molar-refractivity contribution in [3.8, 4) is 0 Å². The van der Waals surface area contributed by atoms with Crippen molar-refractivity contribution in [1.82, 2.24) is 4.90 Å². The number of rotatable bonds is 2. The summed E-state index contributed by atoms with van der Waals surface area (Å²) < 4.78 is 5.26. The lowest BCUT2D eigenvalue weighted by molar-refractivity contribution is -0.159. The number of hydrogen-bond acceptors (Lipinski definition) is 4. The number of carbonyl (C=O) groups excluding carboxylic acids is 1. The van der Waals surface area contributed by atoms with Gasteiger partial charge < -0.3 is 20.5 Å². The minimum absolute atomic E-state index is 0.199. The van der Waals surface area contributed by atoms with Gasteiger partial charge in [-0.3, -0.25) is 4.79 Å². The van der Waals surface area contributed by atoms with E-state index in [1.807, 2.05) is 0 Å². The van der Waals surface area contributed by atoms with Crippen LogP contribution in [-0.2, 0) is 14.3 Å². The lowest BCUT2D eigenvalue weighted by atomic mass is 9.83. The van der Waals surface area contributed by atoms with Gasteiger partial charge in [-0.05, 0) is 26.7 Å². The number of carboxylic acids is 1. The van der Waals surface area contributed by atoms with E-state index in [9.17, 15) is 14.7 Å². The summed E-state index contributed by atoms with van der Waals surface area (Å²) in [6, 6.07) is -0.372. The molecule has 2 rings (SSSR count). The third kappa shape index (κ3) is 1.71. The molecule has 0 aromatic carbocycles. The number of amides is 1. The molecule has 2 aliphatic heterocycles. The van der Waals surface area contributed by atoms with Crippen molar-refractivity contribution in [2.24, 2.45) is 11.1 Å². The Morgan fingerprint density at radius 3 is 2.61 bits per heavy atom. The van der Waals surface area contributed by atoms with Crippen LogP contribution in [0.25, 0.3) is 0 Å². The predicted molar refractivity (Wildman–Crippen MR) is 63.9 cm³/mol. The van der Waals surface area contributed by atoms with Gasteiger partial charge in [0.15, 0.2) is 0 Å². The van der Waals surface area contributed by atoms with E-state index in [0.717, 1.165) is 0 Å². The van der Waals surface area contributed by atoms with Gasteiger partial charge in [-0.25, -0.2) is 4.79 Å². The van der Waals surface area contributed by atoms with E-state index in [2.05, 4.69) is 0 Å². The fraction of sp³-hybridized carbons (Fsp3) is 0.833. The van der Waals surface area contributed by atoms with Crippen molar-refractivity contribution in [2.45, 2.75) is 38.3 Å². The molecule has 0 aliphatic carbocycles. The van der Waals surface area contributed by atoms with Crippen molar-refractivity contribution in [2.75, 3.05) is 19.8 Å². The Balaban J connectivity index is 2.26. The third-order valence-corrected chi connectivity index (χ3v) is 4.35. The normalized spacial score (nSPS) is 40.2. The van der Waals surface area contributed by atoms with Crippen molar-refractivity contribution < 1.29 is 19.4 Å². The first kappa shape index (κ1) is 13.3. The molecular formula is C12H20N2O4. The molecular weight excluding hydrogens is 236 g/mol. The van der Waals surface area contributed by atoms with Crippen molar-refractivity contribution in [1.29, 1.82) is 0 Å². The number of nitrogens with two attached hydrogens (primary N) is 1. The SMILES string of the molecule is CC1(C(=O)N2CCCC2(C)C(=O)O)COCC1N. The van der Waals surface area contributed by atoms with Crippen LogP contribution in [0.15, 0.2) is 0 Å². The molecule has 2 aliphatic rings. The van der Waals surface area contributed by atoms with Crippen LogP contribution in [0.5, 0.6) is 0 Å². The monoisotopic (exact) mass is 256 g/mol. The van der Waals surface area contributed by atoms with Crippen LogP contribution in [0, 0.1) is 5.41 Å². The lowest BCUT2D eigenvalue weighted by Gasteiger charge is -2.37. The second-order valence-corrected chi connectivity index (χ2v) is 5.68. The molecule has 0 bridgehead atoms. The molecule has 1 amide bonds. The third-order valence-electron chi connectivity index (χ3n) is 4.35. The maximum absolute atomic E-state index is 12.6. The summed E-state index contributed by atoms with van der Waals surface area (Å²) in [5, 5.41) is 9.33. The summed E-state index contributed by atoms with van der Waals surface area (Å²) in [4.78, 5) is 25.4. The van der Waals surface area contributed by atoms with Crippen molar-refractivity contribution in [3.63, 3.8) is 0 Å². The summed E-state index contributed by atoms with van der Waals surface area (Å²) in [6.45, 7) is 4.45. The number of carbonyl (C=O) groups is 2. The summed E-state index contributed by atoms with van der Waals surface area (Å²) in [5.74, 6) is -1.15. The molecule has 0 aromatic heterocycles. The summed E-state index contributed by atoms with van der Waals surface area (Å²) in [6.07, 6.45) is 1.20. The summed E-state index contributed by atoms with van der Waals surface area (Å²) >= 11 is 0. The molecule has 3 unspecified atom stereocenters. The van der Waals surface area contributed by atoms with Gasteiger partial charge >= 0.3 is 5.97 Å². The highest BCUT2D eigenvalue weighted by Gasteiger charge is 2.53. The fourth-order valence-electron chi connectivity index (χ4n) is 2.73. The van der Waals surface area contributed by atoms with Crippen molar-refractivity contribution >= 4 is 11.9 Å². The van der Waals surface area contributed by atoms with Crippen LogP contribution in [0.2, 0.25) is 0 Å². The molecule has 102 valence electrons. The molecule has 2 heterocycles. The number of aliphatic carboxylic acids is 1. The predicted octanol–water partition coefficient (Wildman–Crippen LogP) is -0.184. The largest absolute Gasteiger partial charge is 0.480 e. The van der Waals surface area contributed by atoms with Gasteiger partial charge in [0.05, 0.1) is 18.6 Å². The molecule has 2 saturated heterocycles. The molecule has 2 fully saturated rings. The minimum Gasteiger partial charge on any atom is -0.480 e. The van der Waals surface area contributed by atoms with Crippen molar-refractivity contribution in [3.05, 3.63) is 0 Å². The Morgan fingerprint density at radius 2 is 2.11 bits per heavy atom. The van der Waals surface area contributed by atoms with Gasteiger partial charge in [-0.1, -0.05) is 0 Å². The average Bonchev–Trinajstić information content (AvgIpc) is 2.85. The van der Waals surface area contributed by atoms with Gasteiger partial charge in [0, 0.05) is 12.6 Å². The van der Waals surface area contributed by atoms with Crippen LogP contribution in [0.3, 0.4) is 0 Å². The van der Waals surface area contributed by atoms with E-state index in [0.29, 0.717) is 26.0 Å². The van der Waals surface area contributed by atoms with Crippen LogP contribution in [0.1, 0.15) is 26.7 Å². The summed E-state index contributed by atoms with van der Waals surface area (Å²) in [5.41, 5.74) is 4.01. The Hall–Kier alpha value is -1.14. The Kier molecular flexibility index (Phi) is 3.11. The number of nitrogens with zero attached hydrogens (tertiary/aromatic N) is 1. The molecule has 0 spiro atoms. The number of hydrogen-bond donors (Lipinski definition) is 2. The van der Waals surface area contributed by atoms with Gasteiger partial charge in [-0.15, -0.1) is 0 Å². The average molecular weight is 256 g/mol. The maximum Gasteiger partial charge on any atom is 0.329 e. The van der Waals surface area contributed by atoms with E-state index in [4.69, 9.17) is 10.5 Å². The van der Waals surface area contributed by atoms with E-state index in [-0.39, 0.29) is 18.6 Å². The topological polar surface area (TPSA) is 92.9 Å². The first-order valence-electron chi connectivity index (χ1n) is 6.21. The van der Waals surface area contributed by atoms with Gasteiger partial charge in [0.1, 0.15) is 5.54 Å². The maximum atomic E-state index is 12.6. The molecule has 6 heteroatoms. The Morgan fingerprint density at radius 1 is 1.44 bits per heavy atom. The lowest BCUT2D eigenvalue weighted by Crippen LogP contribution is -2.58. The highest BCUT2D eigenvalue weighted by Crippen LogP contribution is 2.37. The van der Waals surface area contributed by atoms with Crippen LogP contribution >= 0.6 is 0 Å². The standard InChI is InChI=1S/C12H20N2O4/c1-11(7-18-6-8(11)13)9(15)14-5-3-4-12(14,2)10(16)17/h8H,3-7,13H2,1-2H3,(H,16,17). The van der Waals surface area contributed by atoms with Gasteiger partial charge in [-0.2, -0.15) is 0 Å². The van der Waals surface area contributed by atoms with Crippen LogP contribution in [-0.4, -0.2) is 53.2 Å². The fourth-order valence-corrected chi connectivity index (χ4v) is 2.73. The Bertz CT molecular complexity index is 386. The van der Waals surface area contributed by atoms with Crippen LogP contribution < -0.4 is 5.73 Å². The zero-order valence-corrected chi connectivity index (χ0v) is 10.8. The molecule has 3 atom stereocenters. The zero-order chi connectivity index (χ0) is 13.6. The second-order valence-electron chi connectivity index (χ2n) is 5.68. The first-order valence-corrected chi connectivity index (χ1v) is 6.21. The highest BCUT2D eigenvalue weighted by atomic mass is 16.5. The zero-order valence-electron chi connectivity index (χ0n) is 10.8. The molecule has 0 saturated carbocycles. The molecule has 6 nitrogen and oxygen atoms in total. The molecule has 0 aromatic rings. The first-order chi connectivity index (χ1) is 8.32. The van der Waals surface area contributed by atoms with E-state index in [1.165, 1.54) is 4.90 Å². The molecule has 0 radical (unpaired) electrons. The van der Waals surface area contributed by atoms with E-state index < -0.39 is 16.9 Å². The number of likely N-dealkylation sites (tertiary alicyclic amines) is 1. The second kappa shape index (κ2) is 4.20.